The highest BCUT2D eigenvalue weighted by Gasteiger charge is 2.21. The van der Waals surface area contributed by atoms with Crippen LogP contribution in [-0.2, 0) is 9.59 Å². The quantitative estimate of drug-likeness (QED) is 0.192. The molecule has 164 valence electrons. The van der Waals surface area contributed by atoms with Crippen molar-refractivity contribution in [2.75, 3.05) is 11.9 Å². The molecule has 12 heteroatoms. The van der Waals surface area contributed by atoms with Gasteiger partial charge in [-0.3, -0.25) is 19.8 Å². The Balaban J connectivity index is 2.05. The molecule has 0 heterocycles. The number of anilines is 1. The highest BCUT2D eigenvalue weighted by atomic mass is 79.9. The van der Waals surface area contributed by atoms with E-state index in [-0.39, 0.29) is 23.8 Å². The third-order valence-electron chi connectivity index (χ3n) is 3.97. The molecule has 0 aliphatic heterocycles. The summed E-state index contributed by atoms with van der Waals surface area (Å²) in [5.41, 5.74) is 6.39. The number of carboxylic acids is 1. The molecule has 2 amide bonds. The number of amides is 2. The molecule has 0 saturated heterocycles. The second-order valence-corrected chi connectivity index (χ2v) is 8.06. The monoisotopic (exact) mass is 555 g/mol. The van der Waals surface area contributed by atoms with Crippen LogP contribution in [0.3, 0.4) is 0 Å². The lowest BCUT2D eigenvalue weighted by Gasteiger charge is -2.19. The van der Waals surface area contributed by atoms with E-state index < -0.39 is 30.2 Å². The topological polar surface area (TPSA) is 178 Å². The first kappa shape index (κ1) is 24.2. The Morgan fingerprint density at radius 2 is 1.77 bits per heavy atom. The van der Waals surface area contributed by atoms with Crippen molar-refractivity contribution in [2.24, 2.45) is 5.73 Å². The number of carboxylic acid groups (broad SMARTS) is 1. The van der Waals surface area contributed by atoms with Crippen LogP contribution in [0.5, 0.6) is 5.75 Å². The molecule has 2 aromatic rings. The standard InChI is InChI=1S/C19H19Br2N5O5/c20-12-5-10(6-13(21)17(12)30)14(7-16(28)29)26-15(27)8-24-18(31)9-2-1-3-11(4-9)25-19(22)23/h1-6,14,30H,7-8H2,(H,24,31)(H,26,27)(H,28,29)(H4,22,23,25). The molecule has 1 atom stereocenters. The third-order valence-corrected chi connectivity index (χ3v) is 5.18. The van der Waals surface area contributed by atoms with Gasteiger partial charge in [0.25, 0.3) is 5.91 Å². The summed E-state index contributed by atoms with van der Waals surface area (Å²) in [5, 5.41) is 33.8. The molecule has 0 fully saturated rings. The van der Waals surface area contributed by atoms with Crippen molar-refractivity contribution in [3.8, 4) is 5.75 Å². The second-order valence-electron chi connectivity index (χ2n) is 6.35. The largest absolute Gasteiger partial charge is 0.506 e. The number of benzene rings is 2. The average molecular weight is 557 g/mol. The molecule has 0 spiro atoms. The molecule has 0 saturated carbocycles. The number of halogens is 2. The van der Waals surface area contributed by atoms with Gasteiger partial charge in [0.15, 0.2) is 5.96 Å². The van der Waals surface area contributed by atoms with E-state index in [9.17, 15) is 24.6 Å². The number of aromatic hydroxyl groups is 1. The summed E-state index contributed by atoms with van der Waals surface area (Å²) in [6.07, 6.45) is -0.401. The lowest BCUT2D eigenvalue weighted by molar-refractivity contribution is -0.137. The maximum Gasteiger partial charge on any atom is 0.305 e. The predicted octanol–water partition coefficient (Wildman–Crippen LogP) is 2.28. The van der Waals surface area contributed by atoms with Gasteiger partial charge in [-0.25, -0.2) is 0 Å². The van der Waals surface area contributed by atoms with Crippen LogP contribution in [0, 0.1) is 5.41 Å². The minimum atomic E-state index is -1.13. The lowest BCUT2D eigenvalue weighted by atomic mass is 10.0. The molecular formula is C19H19Br2N5O5. The van der Waals surface area contributed by atoms with Crippen LogP contribution in [0.4, 0.5) is 5.69 Å². The number of rotatable bonds is 8. The first-order valence-electron chi connectivity index (χ1n) is 8.75. The van der Waals surface area contributed by atoms with Crippen LogP contribution >= 0.6 is 31.9 Å². The Kier molecular flexibility index (Phi) is 8.39. The van der Waals surface area contributed by atoms with Crippen molar-refractivity contribution in [2.45, 2.75) is 12.5 Å². The zero-order valence-electron chi connectivity index (χ0n) is 15.9. The molecular weight excluding hydrogens is 538 g/mol. The van der Waals surface area contributed by atoms with E-state index in [0.717, 1.165) is 0 Å². The van der Waals surface area contributed by atoms with Crippen molar-refractivity contribution in [3.63, 3.8) is 0 Å². The van der Waals surface area contributed by atoms with Crippen LogP contribution in [0.2, 0.25) is 0 Å². The first-order valence-corrected chi connectivity index (χ1v) is 10.3. The van der Waals surface area contributed by atoms with Crippen molar-refractivity contribution in [1.82, 2.24) is 10.6 Å². The van der Waals surface area contributed by atoms with E-state index in [1.165, 1.54) is 24.3 Å². The Bertz CT molecular complexity index is 1010. The molecule has 8 N–H and O–H groups in total. The fraction of sp³-hybridized carbons (Fsp3) is 0.158. The van der Waals surface area contributed by atoms with E-state index in [1.54, 1.807) is 12.1 Å². The SMILES string of the molecule is N=C(N)Nc1cccc(C(=O)NCC(=O)NC(CC(=O)O)c2cc(Br)c(O)c(Br)c2)c1. The zero-order valence-corrected chi connectivity index (χ0v) is 19.1. The number of carbonyl (C=O) groups is 3. The average Bonchev–Trinajstić information content (AvgIpc) is 2.68. The third kappa shape index (κ3) is 7.26. The van der Waals surface area contributed by atoms with Crippen LogP contribution in [-0.4, -0.2) is 40.5 Å². The molecule has 10 nitrogen and oxygen atoms in total. The highest BCUT2D eigenvalue weighted by Crippen LogP contribution is 2.35. The minimum Gasteiger partial charge on any atom is -0.506 e. The summed E-state index contributed by atoms with van der Waals surface area (Å²) in [6, 6.07) is 8.31. The number of aliphatic carboxylic acids is 1. The lowest BCUT2D eigenvalue weighted by Crippen LogP contribution is -2.39. The zero-order chi connectivity index (χ0) is 23.1. The molecule has 0 aromatic heterocycles. The predicted molar refractivity (Wildman–Crippen MR) is 121 cm³/mol. The summed E-state index contributed by atoms with van der Waals surface area (Å²) in [7, 11) is 0. The van der Waals surface area contributed by atoms with Crippen molar-refractivity contribution in [1.29, 1.82) is 5.41 Å². The first-order chi connectivity index (χ1) is 14.6. The van der Waals surface area contributed by atoms with Crippen molar-refractivity contribution >= 4 is 61.3 Å². The maximum absolute atomic E-state index is 12.3. The van der Waals surface area contributed by atoms with Gasteiger partial charge in [-0.15, -0.1) is 0 Å². The number of phenols is 1. The van der Waals surface area contributed by atoms with Gasteiger partial charge in [-0.1, -0.05) is 6.07 Å². The Labute approximate surface area is 194 Å². The Morgan fingerprint density at radius 1 is 1.13 bits per heavy atom. The molecule has 0 bridgehead atoms. The molecule has 2 rings (SSSR count). The van der Waals surface area contributed by atoms with E-state index >= 15 is 0 Å². The summed E-state index contributed by atoms with van der Waals surface area (Å²) in [5.74, 6) is -2.61. The van der Waals surface area contributed by atoms with Gasteiger partial charge in [0, 0.05) is 11.3 Å². The normalized spacial score (nSPS) is 11.3. The number of guanidine groups is 1. The van der Waals surface area contributed by atoms with Crippen molar-refractivity contribution in [3.05, 3.63) is 56.5 Å². The van der Waals surface area contributed by atoms with Gasteiger partial charge in [0.2, 0.25) is 5.91 Å². The maximum atomic E-state index is 12.3. The molecule has 2 aromatic carbocycles. The van der Waals surface area contributed by atoms with Crippen LogP contribution < -0.4 is 21.7 Å². The molecule has 1 unspecified atom stereocenters. The molecule has 0 aliphatic carbocycles. The summed E-state index contributed by atoms with van der Waals surface area (Å²) < 4.78 is 0.655. The summed E-state index contributed by atoms with van der Waals surface area (Å²) in [4.78, 5) is 35.9. The fourth-order valence-corrected chi connectivity index (χ4v) is 3.84. The van der Waals surface area contributed by atoms with E-state index in [1.807, 2.05) is 0 Å². The van der Waals surface area contributed by atoms with Gasteiger partial charge >= 0.3 is 5.97 Å². The van der Waals surface area contributed by atoms with Crippen LogP contribution in [0.1, 0.15) is 28.4 Å². The highest BCUT2D eigenvalue weighted by molar-refractivity contribution is 9.11. The number of phenolic OH excluding ortho intramolecular Hbond substituents is 1. The number of carbonyl (C=O) groups excluding carboxylic acids is 2. The Morgan fingerprint density at radius 3 is 2.35 bits per heavy atom. The molecule has 31 heavy (non-hydrogen) atoms. The van der Waals surface area contributed by atoms with Gasteiger partial charge in [-0.05, 0) is 67.8 Å². The molecule has 0 radical (unpaired) electrons. The number of nitrogens with one attached hydrogen (secondary N) is 4. The van der Waals surface area contributed by atoms with E-state index in [0.29, 0.717) is 20.2 Å². The van der Waals surface area contributed by atoms with Crippen molar-refractivity contribution < 1.29 is 24.6 Å². The van der Waals surface area contributed by atoms with Crippen LogP contribution in [0.25, 0.3) is 0 Å². The van der Waals surface area contributed by atoms with E-state index in [4.69, 9.17) is 11.1 Å². The van der Waals surface area contributed by atoms with Crippen LogP contribution in [0.15, 0.2) is 45.3 Å². The minimum absolute atomic E-state index is 0.0575. The van der Waals surface area contributed by atoms with Gasteiger partial charge in [0.1, 0.15) is 5.75 Å². The summed E-state index contributed by atoms with van der Waals surface area (Å²) >= 11 is 6.34. The number of hydrogen-bond acceptors (Lipinski definition) is 5. The number of nitrogens with two attached hydrogens (primary N) is 1. The number of hydrogen-bond donors (Lipinski definition) is 7. The fourth-order valence-electron chi connectivity index (χ4n) is 2.61. The van der Waals surface area contributed by atoms with Gasteiger partial charge < -0.3 is 31.9 Å². The Hall–Kier alpha value is -3.12. The smallest absolute Gasteiger partial charge is 0.305 e. The summed E-state index contributed by atoms with van der Waals surface area (Å²) in [6.45, 7) is -0.389. The second kappa shape index (κ2) is 10.8. The van der Waals surface area contributed by atoms with Gasteiger partial charge in [0.05, 0.1) is 28.0 Å². The molecule has 0 aliphatic rings. The van der Waals surface area contributed by atoms with Gasteiger partial charge in [-0.2, -0.15) is 0 Å². The van der Waals surface area contributed by atoms with E-state index in [2.05, 4.69) is 47.8 Å².